The third-order valence-electron chi connectivity index (χ3n) is 1.99. The third-order valence-corrected chi connectivity index (χ3v) is 1.99. The summed E-state index contributed by atoms with van der Waals surface area (Å²) >= 11 is 0. The fraction of sp³-hybridized carbons (Fsp3) is 0.333. The van der Waals surface area contributed by atoms with Crippen molar-refractivity contribution in [3.63, 3.8) is 0 Å². The Bertz CT molecular complexity index is 297. The van der Waals surface area contributed by atoms with Crippen molar-refractivity contribution in [1.82, 2.24) is 0 Å². The molecule has 0 saturated heterocycles. The van der Waals surface area contributed by atoms with Crippen molar-refractivity contribution in [2.75, 3.05) is 12.1 Å². The van der Waals surface area contributed by atoms with E-state index in [-0.39, 0.29) is 0 Å². The molecule has 0 atom stereocenters. The predicted molar refractivity (Wildman–Crippen MR) is 50.1 cm³/mol. The van der Waals surface area contributed by atoms with Crippen molar-refractivity contribution >= 4 is 5.69 Å². The summed E-state index contributed by atoms with van der Waals surface area (Å²) in [5.41, 5.74) is 3.22. The predicted octanol–water partition coefficient (Wildman–Crippen LogP) is 2.42. The molecule has 1 aromatic rings. The molecule has 1 aromatic carbocycles. The zero-order valence-corrected chi connectivity index (χ0v) is 7.53. The number of anilines is 1. The molecule has 0 bridgehead atoms. The van der Waals surface area contributed by atoms with Crippen LogP contribution < -0.4 is 5.01 Å². The first-order chi connectivity index (χ1) is 5.65. The Hall–Kier alpha value is -1.38. The molecule has 0 radical (unpaired) electrons. The lowest BCUT2D eigenvalue weighted by Gasteiger charge is -2.09. The smallest absolute Gasteiger partial charge is 0.0625 e. The highest BCUT2D eigenvalue weighted by atomic mass is 16.3. The summed E-state index contributed by atoms with van der Waals surface area (Å²) in [6.45, 7) is 4.05. The van der Waals surface area contributed by atoms with Crippen LogP contribution >= 0.6 is 0 Å². The van der Waals surface area contributed by atoms with E-state index in [0.717, 1.165) is 5.69 Å². The number of hydrogen-bond donors (Lipinski definition) is 0. The van der Waals surface area contributed by atoms with Crippen LogP contribution in [-0.4, -0.2) is 7.05 Å². The summed E-state index contributed by atoms with van der Waals surface area (Å²) in [7, 11) is 1.64. The van der Waals surface area contributed by atoms with Crippen molar-refractivity contribution in [2.24, 2.45) is 5.29 Å². The van der Waals surface area contributed by atoms with Gasteiger partial charge in [0.2, 0.25) is 0 Å². The van der Waals surface area contributed by atoms with Crippen LogP contribution in [0.3, 0.4) is 0 Å². The lowest BCUT2D eigenvalue weighted by Crippen LogP contribution is -2.06. The summed E-state index contributed by atoms with van der Waals surface area (Å²) in [6.07, 6.45) is 0. The van der Waals surface area contributed by atoms with Crippen molar-refractivity contribution < 1.29 is 0 Å². The average molecular weight is 164 g/mol. The fourth-order valence-electron chi connectivity index (χ4n) is 0.974. The van der Waals surface area contributed by atoms with Gasteiger partial charge in [-0.05, 0) is 37.1 Å². The lowest BCUT2D eigenvalue weighted by molar-refractivity contribution is 1.00. The molecule has 12 heavy (non-hydrogen) atoms. The molecule has 1 rings (SSSR count). The van der Waals surface area contributed by atoms with Gasteiger partial charge in [-0.25, -0.2) is 5.01 Å². The van der Waals surface area contributed by atoms with Gasteiger partial charge in [-0.1, -0.05) is 6.07 Å². The number of hydrogen-bond acceptors (Lipinski definition) is 2. The fourth-order valence-corrected chi connectivity index (χ4v) is 0.974. The van der Waals surface area contributed by atoms with Crippen LogP contribution in [0.4, 0.5) is 5.69 Å². The van der Waals surface area contributed by atoms with Gasteiger partial charge in [-0.2, -0.15) is 0 Å². The van der Waals surface area contributed by atoms with E-state index in [9.17, 15) is 4.91 Å². The van der Waals surface area contributed by atoms with Gasteiger partial charge in [0.05, 0.1) is 11.0 Å². The lowest BCUT2D eigenvalue weighted by atomic mass is 10.1. The highest BCUT2D eigenvalue weighted by Crippen LogP contribution is 2.17. The van der Waals surface area contributed by atoms with E-state index >= 15 is 0 Å². The maximum absolute atomic E-state index is 10.2. The van der Waals surface area contributed by atoms with Gasteiger partial charge in [0.1, 0.15) is 0 Å². The molecule has 3 nitrogen and oxygen atoms in total. The molecule has 0 aliphatic heterocycles. The molecule has 0 N–H and O–H groups in total. The molecule has 0 aliphatic rings. The molecule has 64 valence electrons. The molecular formula is C9H12N2O. The number of benzene rings is 1. The Morgan fingerprint density at radius 1 is 1.25 bits per heavy atom. The van der Waals surface area contributed by atoms with E-state index in [4.69, 9.17) is 0 Å². The highest BCUT2D eigenvalue weighted by Gasteiger charge is 2.00. The molecule has 0 saturated carbocycles. The first-order valence-electron chi connectivity index (χ1n) is 3.79. The van der Waals surface area contributed by atoms with E-state index < -0.39 is 0 Å². The quantitative estimate of drug-likeness (QED) is 0.496. The monoisotopic (exact) mass is 164 g/mol. The van der Waals surface area contributed by atoms with Gasteiger partial charge in [-0.15, -0.1) is 4.91 Å². The Morgan fingerprint density at radius 3 is 2.42 bits per heavy atom. The Labute approximate surface area is 72.0 Å². The van der Waals surface area contributed by atoms with E-state index in [1.165, 1.54) is 16.1 Å². The molecule has 0 spiro atoms. The number of aryl methyl sites for hydroxylation is 2. The number of nitroso groups, excluding NO2 is 1. The van der Waals surface area contributed by atoms with Crippen molar-refractivity contribution in [3.05, 3.63) is 34.2 Å². The third kappa shape index (κ3) is 1.61. The standard InChI is InChI=1S/C9H12N2O/c1-7-4-5-9(6-8(7)2)11(3)10-12/h4-6H,1-3H3. The first-order valence-corrected chi connectivity index (χ1v) is 3.79. The highest BCUT2D eigenvalue weighted by molar-refractivity contribution is 5.49. The van der Waals surface area contributed by atoms with E-state index in [0.29, 0.717) is 0 Å². The summed E-state index contributed by atoms with van der Waals surface area (Å²) in [5, 5.41) is 4.12. The maximum atomic E-state index is 10.2. The van der Waals surface area contributed by atoms with Crippen LogP contribution in [0.2, 0.25) is 0 Å². The van der Waals surface area contributed by atoms with Gasteiger partial charge in [0.15, 0.2) is 0 Å². The second-order valence-electron chi connectivity index (χ2n) is 2.87. The summed E-state index contributed by atoms with van der Waals surface area (Å²) < 4.78 is 0. The molecule has 0 amide bonds. The van der Waals surface area contributed by atoms with Crippen LogP contribution in [0.5, 0.6) is 0 Å². The summed E-state index contributed by atoms with van der Waals surface area (Å²) in [6, 6.07) is 5.80. The van der Waals surface area contributed by atoms with Gasteiger partial charge in [-0.3, -0.25) is 0 Å². The summed E-state index contributed by atoms with van der Waals surface area (Å²) in [4.78, 5) is 10.2. The zero-order valence-electron chi connectivity index (χ0n) is 7.53. The van der Waals surface area contributed by atoms with Crippen LogP contribution in [0.15, 0.2) is 23.5 Å². The minimum Gasteiger partial charge on any atom is -0.232 e. The average Bonchev–Trinajstić information content (AvgIpc) is 2.08. The summed E-state index contributed by atoms with van der Waals surface area (Å²) in [5.74, 6) is 0. The molecule has 0 aliphatic carbocycles. The molecule has 0 aromatic heterocycles. The van der Waals surface area contributed by atoms with Crippen molar-refractivity contribution in [3.8, 4) is 0 Å². The van der Waals surface area contributed by atoms with Crippen molar-refractivity contribution in [2.45, 2.75) is 13.8 Å². The van der Waals surface area contributed by atoms with Crippen LogP contribution in [0.25, 0.3) is 0 Å². The minimum absolute atomic E-state index is 0.827. The number of nitrogens with zero attached hydrogens (tertiary/aromatic N) is 2. The van der Waals surface area contributed by atoms with Gasteiger partial charge in [0, 0.05) is 7.05 Å². The van der Waals surface area contributed by atoms with E-state index in [2.05, 4.69) is 5.29 Å². The topological polar surface area (TPSA) is 32.7 Å². The van der Waals surface area contributed by atoms with Gasteiger partial charge < -0.3 is 0 Å². The Morgan fingerprint density at radius 2 is 1.92 bits per heavy atom. The second-order valence-corrected chi connectivity index (χ2v) is 2.87. The normalized spacial score (nSPS) is 9.58. The molecular weight excluding hydrogens is 152 g/mol. The van der Waals surface area contributed by atoms with Gasteiger partial charge in [0.25, 0.3) is 0 Å². The van der Waals surface area contributed by atoms with Crippen LogP contribution in [0, 0.1) is 18.8 Å². The maximum Gasteiger partial charge on any atom is 0.0625 e. The Balaban J connectivity index is 3.04. The molecule has 3 heteroatoms. The molecule has 0 unspecified atom stereocenters. The number of rotatable bonds is 2. The SMILES string of the molecule is Cc1ccc(N(C)N=O)cc1C. The molecule has 0 heterocycles. The Kier molecular flexibility index (Phi) is 2.43. The van der Waals surface area contributed by atoms with E-state index in [1.807, 2.05) is 32.0 Å². The van der Waals surface area contributed by atoms with Crippen LogP contribution in [0.1, 0.15) is 11.1 Å². The minimum atomic E-state index is 0.827. The molecule has 0 fully saturated rings. The zero-order chi connectivity index (χ0) is 9.14. The van der Waals surface area contributed by atoms with E-state index in [1.54, 1.807) is 7.05 Å². The van der Waals surface area contributed by atoms with Gasteiger partial charge >= 0.3 is 0 Å². The second kappa shape index (κ2) is 3.34. The first kappa shape index (κ1) is 8.71. The van der Waals surface area contributed by atoms with Crippen molar-refractivity contribution in [1.29, 1.82) is 0 Å². The largest absolute Gasteiger partial charge is 0.232 e. The van der Waals surface area contributed by atoms with Crippen LogP contribution in [-0.2, 0) is 0 Å².